The Bertz CT molecular complexity index is 1050. The quantitative estimate of drug-likeness (QED) is 0.741. The van der Waals surface area contributed by atoms with Crippen LogP contribution < -0.4 is 10.9 Å². The van der Waals surface area contributed by atoms with Crippen molar-refractivity contribution >= 4 is 17.5 Å². The van der Waals surface area contributed by atoms with Gasteiger partial charge in [0, 0.05) is 49.3 Å². The number of nitrogens with zero attached hydrogens (tertiary/aromatic N) is 3. The molecule has 1 fully saturated rings. The maximum Gasteiger partial charge on any atom is 0.255 e. The molecule has 3 aromatic rings. The number of halogens is 1. The number of hydrogen-bond donors (Lipinski definition) is 1. The lowest BCUT2D eigenvalue weighted by Crippen LogP contribution is -2.48. The van der Waals surface area contributed by atoms with Gasteiger partial charge in [0.25, 0.3) is 11.5 Å². The fourth-order valence-corrected chi connectivity index (χ4v) is 3.62. The molecule has 3 heterocycles. The van der Waals surface area contributed by atoms with E-state index < -0.39 is 0 Å². The second-order valence-electron chi connectivity index (χ2n) is 6.60. The first kappa shape index (κ1) is 18.4. The molecule has 7 heteroatoms. The van der Waals surface area contributed by atoms with Gasteiger partial charge in [0.15, 0.2) is 0 Å². The van der Waals surface area contributed by atoms with Gasteiger partial charge in [0.2, 0.25) is 0 Å². The number of carbonyl (C=O) groups excluding carboxylic acids is 1. The molecule has 1 unspecified atom stereocenters. The van der Waals surface area contributed by atoms with Crippen molar-refractivity contribution in [1.29, 1.82) is 0 Å². The van der Waals surface area contributed by atoms with E-state index in [4.69, 9.17) is 11.6 Å². The van der Waals surface area contributed by atoms with Crippen LogP contribution in [0.1, 0.15) is 22.0 Å². The smallest absolute Gasteiger partial charge is 0.255 e. The Labute approximate surface area is 167 Å². The molecule has 4 rings (SSSR count). The highest BCUT2D eigenvalue weighted by Gasteiger charge is 2.28. The van der Waals surface area contributed by atoms with E-state index >= 15 is 0 Å². The van der Waals surface area contributed by atoms with Crippen LogP contribution in [-0.2, 0) is 0 Å². The molecule has 1 aliphatic rings. The van der Waals surface area contributed by atoms with Crippen LogP contribution in [-0.4, -0.2) is 40.0 Å². The maximum absolute atomic E-state index is 13.3. The Morgan fingerprint density at radius 1 is 1.14 bits per heavy atom. The van der Waals surface area contributed by atoms with Crippen molar-refractivity contribution in [2.24, 2.45) is 0 Å². The summed E-state index contributed by atoms with van der Waals surface area (Å²) >= 11 is 6.06. The van der Waals surface area contributed by atoms with Crippen LogP contribution in [0.25, 0.3) is 5.69 Å². The highest BCUT2D eigenvalue weighted by molar-refractivity contribution is 6.30. The summed E-state index contributed by atoms with van der Waals surface area (Å²) < 4.78 is 1.45. The molecule has 0 bridgehead atoms. The van der Waals surface area contributed by atoms with Crippen molar-refractivity contribution in [1.82, 2.24) is 19.8 Å². The first-order chi connectivity index (χ1) is 13.6. The van der Waals surface area contributed by atoms with Gasteiger partial charge >= 0.3 is 0 Å². The fourth-order valence-electron chi connectivity index (χ4n) is 3.44. The zero-order valence-corrected chi connectivity index (χ0v) is 15.8. The lowest BCUT2D eigenvalue weighted by Gasteiger charge is -2.36. The van der Waals surface area contributed by atoms with E-state index in [2.05, 4.69) is 10.3 Å². The Morgan fingerprint density at radius 3 is 2.75 bits per heavy atom. The first-order valence-corrected chi connectivity index (χ1v) is 9.41. The number of pyridine rings is 2. The van der Waals surface area contributed by atoms with Crippen LogP contribution in [0.2, 0.25) is 5.02 Å². The van der Waals surface area contributed by atoms with Crippen molar-refractivity contribution in [3.05, 3.63) is 93.6 Å². The molecule has 28 heavy (non-hydrogen) atoms. The van der Waals surface area contributed by atoms with Crippen molar-refractivity contribution in [3.8, 4) is 5.69 Å². The van der Waals surface area contributed by atoms with Gasteiger partial charge in [0.1, 0.15) is 0 Å². The van der Waals surface area contributed by atoms with E-state index in [9.17, 15) is 9.59 Å². The Balaban J connectivity index is 1.69. The number of rotatable bonds is 3. The standard InChI is InChI=1S/C21H19ClN4O2/c22-17-2-1-3-18(12-17)26-14-16(4-5-20(26)27)21(28)25-11-10-24-13-19(25)15-6-8-23-9-7-15/h1-9,12,14,19,24H,10-11,13H2. The normalized spacial score (nSPS) is 16.8. The van der Waals surface area contributed by atoms with Gasteiger partial charge in [-0.15, -0.1) is 0 Å². The van der Waals surface area contributed by atoms with E-state index in [0.717, 1.165) is 12.1 Å². The minimum atomic E-state index is -0.218. The Morgan fingerprint density at radius 2 is 1.96 bits per heavy atom. The number of benzene rings is 1. The lowest BCUT2D eigenvalue weighted by atomic mass is 10.0. The topological polar surface area (TPSA) is 67.2 Å². The molecule has 0 spiro atoms. The molecule has 1 aromatic carbocycles. The van der Waals surface area contributed by atoms with Gasteiger partial charge in [-0.25, -0.2) is 0 Å². The zero-order chi connectivity index (χ0) is 19.5. The van der Waals surface area contributed by atoms with Gasteiger partial charge in [-0.2, -0.15) is 0 Å². The number of hydrogen-bond acceptors (Lipinski definition) is 4. The van der Waals surface area contributed by atoms with E-state index in [1.807, 2.05) is 17.0 Å². The third-order valence-corrected chi connectivity index (χ3v) is 5.07. The van der Waals surface area contributed by atoms with Gasteiger partial charge in [-0.3, -0.25) is 19.1 Å². The summed E-state index contributed by atoms with van der Waals surface area (Å²) in [5.74, 6) is -0.112. The molecule has 1 N–H and O–H groups in total. The van der Waals surface area contributed by atoms with Crippen molar-refractivity contribution in [3.63, 3.8) is 0 Å². The third kappa shape index (κ3) is 3.69. The molecular formula is C21H19ClN4O2. The first-order valence-electron chi connectivity index (χ1n) is 9.04. The van der Waals surface area contributed by atoms with E-state index in [1.54, 1.807) is 48.9 Å². The largest absolute Gasteiger partial charge is 0.329 e. The monoisotopic (exact) mass is 394 g/mol. The van der Waals surface area contributed by atoms with Gasteiger partial charge in [-0.1, -0.05) is 17.7 Å². The van der Waals surface area contributed by atoms with Gasteiger partial charge in [0.05, 0.1) is 17.3 Å². The summed E-state index contributed by atoms with van der Waals surface area (Å²) in [6.45, 7) is 1.98. The minimum absolute atomic E-state index is 0.0872. The van der Waals surface area contributed by atoms with Gasteiger partial charge in [-0.05, 0) is 42.0 Å². The fraction of sp³-hybridized carbons (Fsp3) is 0.190. The van der Waals surface area contributed by atoms with Crippen LogP contribution in [0.4, 0.5) is 0 Å². The summed E-state index contributed by atoms with van der Waals surface area (Å²) in [7, 11) is 0. The van der Waals surface area contributed by atoms with E-state index in [0.29, 0.717) is 29.4 Å². The molecule has 6 nitrogen and oxygen atoms in total. The summed E-state index contributed by atoms with van der Waals surface area (Å²) in [6, 6.07) is 13.7. The molecule has 0 saturated carbocycles. The summed E-state index contributed by atoms with van der Waals surface area (Å²) in [6.07, 6.45) is 5.04. The average Bonchev–Trinajstić information content (AvgIpc) is 2.74. The van der Waals surface area contributed by atoms with E-state index in [-0.39, 0.29) is 17.5 Å². The highest BCUT2D eigenvalue weighted by atomic mass is 35.5. The molecule has 0 radical (unpaired) electrons. The van der Waals surface area contributed by atoms with Crippen LogP contribution >= 0.6 is 11.6 Å². The Kier molecular flexibility index (Phi) is 5.23. The minimum Gasteiger partial charge on any atom is -0.329 e. The molecule has 2 aromatic heterocycles. The molecule has 1 saturated heterocycles. The number of amides is 1. The predicted octanol–water partition coefficient (Wildman–Crippen LogP) is 2.67. The number of carbonyl (C=O) groups is 1. The maximum atomic E-state index is 13.3. The Hall–Kier alpha value is -2.96. The van der Waals surface area contributed by atoms with Crippen LogP contribution in [0.5, 0.6) is 0 Å². The molecule has 1 atom stereocenters. The van der Waals surface area contributed by atoms with Gasteiger partial charge < -0.3 is 10.2 Å². The number of aromatic nitrogens is 2. The summed E-state index contributed by atoms with van der Waals surface area (Å²) in [5.41, 5.74) is 1.89. The summed E-state index contributed by atoms with van der Waals surface area (Å²) in [4.78, 5) is 31.5. The number of nitrogens with one attached hydrogen (secondary N) is 1. The summed E-state index contributed by atoms with van der Waals surface area (Å²) in [5, 5.41) is 3.87. The van der Waals surface area contributed by atoms with Crippen molar-refractivity contribution < 1.29 is 4.79 Å². The lowest BCUT2D eigenvalue weighted by molar-refractivity contribution is 0.0633. The predicted molar refractivity (Wildman–Crippen MR) is 108 cm³/mol. The van der Waals surface area contributed by atoms with Crippen LogP contribution in [0.3, 0.4) is 0 Å². The van der Waals surface area contributed by atoms with Crippen molar-refractivity contribution in [2.75, 3.05) is 19.6 Å². The second-order valence-corrected chi connectivity index (χ2v) is 7.04. The molecule has 142 valence electrons. The van der Waals surface area contributed by atoms with Crippen LogP contribution in [0.15, 0.2) is 71.9 Å². The number of piperazine rings is 1. The second kappa shape index (κ2) is 7.96. The highest BCUT2D eigenvalue weighted by Crippen LogP contribution is 2.24. The molecule has 1 aliphatic heterocycles. The molecular weight excluding hydrogens is 376 g/mol. The SMILES string of the molecule is O=C(c1ccc(=O)n(-c2cccc(Cl)c2)c1)N1CCNCC1c1ccncc1. The third-order valence-electron chi connectivity index (χ3n) is 4.84. The zero-order valence-electron chi connectivity index (χ0n) is 15.1. The van der Waals surface area contributed by atoms with E-state index in [1.165, 1.54) is 10.6 Å². The molecule has 1 amide bonds. The van der Waals surface area contributed by atoms with Crippen LogP contribution in [0, 0.1) is 0 Å². The van der Waals surface area contributed by atoms with Crippen molar-refractivity contribution in [2.45, 2.75) is 6.04 Å². The average molecular weight is 395 g/mol. The molecule has 0 aliphatic carbocycles.